The summed E-state index contributed by atoms with van der Waals surface area (Å²) in [6.07, 6.45) is 0.926. The molecule has 0 radical (unpaired) electrons. The normalized spacial score (nSPS) is 10.5. The largest absolute Gasteiger partial charge is 0.487 e. The van der Waals surface area contributed by atoms with Gasteiger partial charge in [0.05, 0.1) is 99.1 Å². The van der Waals surface area contributed by atoms with Crippen molar-refractivity contribution >= 4 is 5.91 Å². The highest BCUT2D eigenvalue weighted by atomic mass is 16.6. The van der Waals surface area contributed by atoms with Gasteiger partial charge in [0.2, 0.25) is 5.75 Å². The lowest BCUT2D eigenvalue weighted by Gasteiger charge is -2.19. The van der Waals surface area contributed by atoms with Crippen LogP contribution in [0, 0.1) is 0 Å². The third kappa shape index (κ3) is 27.3. The van der Waals surface area contributed by atoms with Crippen LogP contribution in [0.5, 0.6) is 17.2 Å². The molecule has 0 aliphatic rings. The number of benzene rings is 1. The van der Waals surface area contributed by atoms with Crippen molar-refractivity contribution in [2.24, 2.45) is 15.3 Å². The SMILES string of the molecule is CCCOCCOCCNC(=O)c1cc(OCCOCCOCCN=[N+]=[N-])c(OCCOCCOCCN=[N+]=[N-])c(OCCOCCOCCN=[N+]=[N-])c1. The van der Waals surface area contributed by atoms with Crippen LogP contribution in [0.25, 0.3) is 31.3 Å². The molecule has 1 amide bonds. The molecule has 1 rings (SSSR count). The van der Waals surface area contributed by atoms with Crippen LogP contribution in [0.4, 0.5) is 0 Å². The zero-order chi connectivity index (χ0) is 39.0. The number of azide groups is 3. The van der Waals surface area contributed by atoms with Gasteiger partial charge in [-0.3, -0.25) is 4.79 Å². The number of hydrogen-bond donors (Lipinski definition) is 1. The molecular formula is C32H54N10O12. The maximum Gasteiger partial charge on any atom is 0.251 e. The van der Waals surface area contributed by atoms with Crippen molar-refractivity contribution in [3.8, 4) is 17.2 Å². The Kier molecular flexibility index (Phi) is 32.7. The molecule has 0 fully saturated rings. The summed E-state index contributed by atoms with van der Waals surface area (Å²) < 4.78 is 61.9. The van der Waals surface area contributed by atoms with Crippen LogP contribution in [-0.4, -0.2) is 158 Å². The number of nitrogens with zero attached hydrogens (tertiary/aromatic N) is 9. The standard InChI is InChI=1S/C32H54N10O12/c1-2-7-44-12-13-45-8-3-36-32(43)28-26-29(52-23-20-49-17-14-46-9-4-37-40-33)31(54-25-22-51-19-16-48-11-6-39-42-35)30(27-28)53-24-21-50-18-15-47-10-5-38-41-34/h26-27H,2-25H2,1H3,(H,36,43). The van der Waals surface area contributed by atoms with Gasteiger partial charge in [0.15, 0.2) is 11.5 Å². The van der Waals surface area contributed by atoms with E-state index in [1.165, 1.54) is 0 Å². The number of rotatable bonds is 39. The van der Waals surface area contributed by atoms with E-state index in [0.717, 1.165) is 6.42 Å². The molecule has 22 heteroatoms. The second kappa shape index (κ2) is 37.0. The third-order valence-corrected chi connectivity index (χ3v) is 6.29. The van der Waals surface area contributed by atoms with E-state index in [1.54, 1.807) is 12.1 Å². The van der Waals surface area contributed by atoms with Crippen molar-refractivity contribution in [3.63, 3.8) is 0 Å². The molecular weight excluding hydrogens is 716 g/mol. The summed E-state index contributed by atoms with van der Waals surface area (Å²) in [6, 6.07) is 3.11. The highest BCUT2D eigenvalue weighted by Gasteiger charge is 2.19. The lowest BCUT2D eigenvalue weighted by molar-refractivity contribution is 0.0331. The molecule has 0 aromatic heterocycles. The summed E-state index contributed by atoms with van der Waals surface area (Å²) in [6.45, 7) is 8.44. The van der Waals surface area contributed by atoms with Gasteiger partial charge in [-0.15, -0.1) is 0 Å². The number of carbonyl (C=O) groups is 1. The van der Waals surface area contributed by atoms with E-state index in [-0.39, 0.29) is 128 Å². The molecule has 0 atom stereocenters. The van der Waals surface area contributed by atoms with Gasteiger partial charge in [-0.05, 0) is 35.1 Å². The second-order valence-electron chi connectivity index (χ2n) is 10.4. The van der Waals surface area contributed by atoms with Gasteiger partial charge in [0.1, 0.15) is 19.8 Å². The van der Waals surface area contributed by atoms with Gasteiger partial charge in [-0.25, -0.2) is 0 Å². The van der Waals surface area contributed by atoms with Crippen molar-refractivity contribution in [1.82, 2.24) is 5.32 Å². The summed E-state index contributed by atoms with van der Waals surface area (Å²) in [5, 5.41) is 13.1. The summed E-state index contributed by atoms with van der Waals surface area (Å²) in [7, 11) is 0. The molecule has 1 aromatic carbocycles. The molecule has 0 aliphatic carbocycles. The Balaban J connectivity index is 2.93. The van der Waals surface area contributed by atoms with Crippen LogP contribution in [-0.2, 0) is 37.9 Å². The fourth-order valence-corrected chi connectivity index (χ4v) is 3.91. The van der Waals surface area contributed by atoms with Crippen LogP contribution in [0.15, 0.2) is 27.5 Å². The fourth-order valence-electron chi connectivity index (χ4n) is 3.91. The molecule has 0 heterocycles. The van der Waals surface area contributed by atoms with E-state index in [4.69, 9.17) is 68.7 Å². The van der Waals surface area contributed by atoms with Crippen LogP contribution in [0.3, 0.4) is 0 Å². The quantitative estimate of drug-likeness (QED) is 0.0430. The highest BCUT2D eigenvalue weighted by Crippen LogP contribution is 2.39. The topological polar surface area (TPSA) is 277 Å². The van der Waals surface area contributed by atoms with Gasteiger partial charge >= 0.3 is 0 Å². The Morgan fingerprint density at radius 2 is 0.870 bits per heavy atom. The Bertz CT molecular complexity index is 1190. The summed E-state index contributed by atoms with van der Waals surface area (Å²) in [4.78, 5) is 21.3. The first-order valence-corrected chi connectivity index (χ1v) is 17.7. The molecule has 0 saturated carbocycles. The average Bonchev–Trinajstić information content (AvgIpc) is 3.18. The van der Waals surface area contributed by atoms with Crippen LogP contribution < -0.4 is 19.5 Å². The van der Waals surface area contributed by atoms with E-state index >= 15 is 0 Å². The molecule has 0 saturated heterocycles. The zero-order valence-electron chi connectivity index (χ0n) is 31.0. The molecule has 1 aromatic rings. The minimum Gasteiger partial charge on any atom is -0.487 e. The monoisotopic (exact) mass is 770 g/mol. The number of amides is 1. The number of carbonyl (C=O) groups excluding carboxylic acids is 1. The summed E-state index contributed by atoms with van der Waals surface area (Å²) >= 11 is 0. The molecule has 54 heavy (non-hydrogen) atoms. The predicted molar refractivity (Wildman–Crippen MR) is 194 cm³/mol. The van der Waals surface area contributed by atoms with Gasteiger partial charge in [-0.1, -0.05) is 22.3 Å². The smallest absolute Gasteiger partial charge is 0.251 e. The fraction of sp³-hybridized carbons (Fsp3) is 0.781. The minimum atomic E-state index is -0.380. The molecule has 304 valence electrons. The van der Waals surface area contributed by atoms with Gasteiger partial charge in [0, 0.05) is 53.1 Å². The van der Waals surface area contributed by atoms with Crippen molar-refractivity contribution in [1.29, 1.82) is 0 Å². The molecule has 0 spiro atoms. The predicted octanol–water partition coefficient (Wildman–Crippen LogP) is 4.03. The van der Waals surface area contributed by atoms with Crippen molar-refractivity contribution in [2.75, 3.05) is 152 Å². The Hall–Kier alpha value is -4.30. The number of hydrogen-bond acceptors (Lipinski definition) is 15. The van der Waals surface area contributed by atoms with Gasteiger partial charge in [-0.2, -0.15) is 0 Å². The Morgan fingerprint density at radius 3 is 1.28 bits per heavy atom. The third-order valence-electron chi connectivity index (χ3n) is 6.29. The van der Waals surface area contributed by atoms with Gasteiger partial charge < -0.3 is 57.4 Å². The van der Waals surface area contributed by atoms with E-state index in [1.807, 2.05) is 6.92 Å². The maximum atomic E-state index is 13.2. The summed E-state index contributed by atoms with van der Waals surface area (Å²) in [5.74, 6) is 0.354. The van der Waals surface area contributed by atoms with Crippen LogP contribution in [0.1, 0.15) is 23.7 Å². The molecule has 1 N–H and O–H groups in total. The lowest BCUT2D eigenvalue weighted by Crippen LogP contribution is -2.28. The van der Waals surface area contributed by atoms with E-state index in [0.29, 0.717) is 52.9 Å². The van der Waals surface area contributed by atoms with Gasteiger partial charge in [0.25, 0.3) is 5.91 Å². The van der Waals surface area contributed by atoms with Crippen molar-refractivity contribution < 1.29 is 56.9 Å². The average molecular weight is 771 g/mol. The zero-order valence-corrected chi connectivity index (χ0v) is 31.0. The minimum absolute atomic E-state index is 0.111. The van der Waals surface area contributed by atoms with Crippen molar-refractivity contribution in [3.05, 3.63) is 49.0 Å². The number of ether oxygens (including phenoxy) is 11. The van der Waals surface area contributed by atoms with Crippen molar-refractivity contribution in [2.45, 2.75) is 13.3 Å². The summed E-state index contributed by atoms with van der Waals surface area (Å²) in [5.41, 5.74) is 25.3. The van der Waals surface area contributed by atoms with E-state index in [2.05, 4.69) is 35.4 Å². The maximum absolute atomic E-state index is 13.2. The first kappa shape index (κ1) is 47.7. The lowest BCUT2D eigenvalue weighted by atomic mass is 10.1. The van der Waals surface area contributed by atoms with Crippen LogP contribution in [0.2, 0.25) is 0 Å². The molecule has 0 aliphatic heterocycles. The molecule has 0 unspecified atom stereocenters. The highest BCUT2D eigenvalue weighted by molar-refractivity contribution is 5.95. The Labute approximate surface area is 314 Å². The van der Waals surface area contributed by atoms with Crippen LogP contribution >= 0.6 is 0 Å². The van der Waals surface area contributed by atoms with E-state index in [9.17, 15) is 4.79 Å². The first-order chi connectivity index (χ1) is 26.7. The molecule has 0 bridgehead atoms. The number of nitrogens with one attached hydrogen (secondary N) is 1. The second-order valence-corrected chi connectivity index (χ2v) is 10.4. The first-order valence-electron chi connectivity index (χ1n) is 17.7. The van der Waals surface area contributed by atoms with E-state index < -0.39 is 0 Å². The molecule has 22 nitrogen and oxygen atoms in total. The Morgan fingerprint density at radius 1 is 0.519 bits per heavy atom.